The summed E-state index contributed by atoms with van der Waals surface area (Å²) in [6.07, 6.45) is 1.16. The Kier molecular flexibility index (Phi) is 4.63. The molecule has 1 unspecified atom stereocenters. The van der Waals surface area contributed by atoms with Crippen molar-refractivity contribution in [2.45, 2.75) is 46.7 Å². The minimum Gasteiger partial charge on any atom is -0.309 e. The second-order valence-electron chi connectivity index (χ2n) is 4.91. The second kappa shape index (κ2) is 5.33. The fraction of sp³-hybridized carbons (Fsp3) is 0.667. The summed E-state index contributed by atoms with van der Waals surface area (Å²) < 4.78 is 0.871. The Morgan fingerprint density at radius 1 is 1.40 bits per heavy atom. The molecule has 0 aliphatic heterocycles. The van der Waals surface area contributed by atoms with Gasteiger partial charge in [-0.05, 0) is 24.0 Å². The van der Waals surface area contributed by atoms with Crippen LogP contribution in [0.15, 0.2) is 12.1 Å². The van der Waals surface area contributed by atoms with E-state index >= 15 is 0 Å². The smallest absolute Gasteiger partial charge is 0.0931 e. The van der Waals surface area contributed by atoms with Crippen LogP contribution in [0.1, 0.15) is 39.0 Å². The quantitative estimate of drug-likeness (QED) is 0.833. The Morgan fingerprint density at radius 2 is 2.07 bits per heavy atom. The maximum absolute atomic E-state index is 5.89. The van der Waals surface area contributed by atoms with E-state index in [9.17, 15) is 0 Å². The van der Waals surface area contributed by atoms with Crippen LogP contribution in [-0.2, 0) is 6.54 Å². The molecule has 15 heavy (non-hydrogen) atoms. The molecule has 0 saturated carbocycles. The van der Waals surface area contributed by atoms with Crippen molar-refractivity contribution in [2.75, 3.05) is 0 Å². The molecule has 0 fully saturated rings. The van der Waals surface area contributed by atoms with E-state index in [-0.39, 0.29) is 0 Å². The lowest BCUT2D eigenvalue weighted by Crippen LogP contribution is -2.39. The van der Waals surface area contributed by atoms with Crippen molar-refractivity contribution in [1.29, 1.82) is 0 Å². The normalized spacial score (nSPS) is 14.2. The molecule has 0 aliphatic rings. The van der Waals surface area contributed by atoms with Gasteiger partial charge < -0.3 is 5.32 Å². The van der Waals surface area contributed by atoms with Gasteiger partial charge in [0.2, 0.25) is 0 Å². The van der Waals surface area contributed by atoms with Gasteiger partial charge in [-0.25, -0.2) is 0 Å². The maximum Gasteiger partial charge on any atom is 0.0931 e. The molecule has 3 heteroatoms. The van der Waals surface area contributed by atoms with Crippen LogP contribution in [0, 0.1) is 5.41 Å². The highest BCUT2D eigenvalue weighted by Crippen LogP contribution is 2.24. The minimum absolute atomic E-state index is 0.315. The Morgan fingerprint density at radius 3 is 2.47 bits per heavy atom. The van der Waals surface area contributed by atoms with Gasteiger partial charge in [0.25, 0.3) is 0 Å². The molecule has 0 aliphatic carbocycles. The minimum atomic E-state index is 0.315. The Hall–Kier alpha value is -0.0500. The molecule has 1 nitrogen and oxygen atoms in total. The van der Waals surface area contributed by atoms with E-state index in [4.69, 9.17) is 11.6 Å². The lowest BCUT2D eigenvalue weighted by atomic mass is 9.85. The van der Waals surface area contributed by atoms with Gasteiger partial charge in [-0.15, -0.1) is 11.3 Å². The summed E-state index contributed by atoms with van der Waals surface area (Å²) in [5.41, 5.74) is 0.315. The molecule has 0 spiro atoms. The van der Waals surface area contributed by atoms with Crippen molar-refractivity contribution in [3.63, 3.8) is 0 Å². The summed E-state index contributed by atoms with van der Waals surface area (Å²) in [7, 11) is 0. The number of nitrogens with one attached hydrogen (secondary N) is 1. The molecular weight excluding hydrogens is 226 g/mol. The Bertz CT molecular complexity index is 301. The first-order valence-electron chi connectivity index (χ1n) is 5.41. The summed E-state index contributed by atoms with van der Waals surface area (Å²) in [5.74, 6) is 0. The third-order valence-corrected chi connectivity index (χ3v) is 3.84. The molecule has 0 bridgehead atoms. The molecule has 1 aromatic rings. The van der Waals surface area contributed by atoms with E-state index in [0.29, 0.717) is 11.5 Å². The van der Waals surface area contributed by atoms with Crippen LogP contribution < -0.4 is 5.32 Å². The fourth-order valence-corrected chi connectivity index (χ4v) is 2.77. The van der Waals surface area contributed by atoms with Crippen molar-refractivity contribution in [3.05, 3.63) is 21.3 Å². The van der Waals surface area contributed by atoms with Gasteiger partial charge in [0.1, 0.15) is 0 Å². The summed E-state index contributed by atoms with van der Waals surface area (Å²) >= 11 is 7.54. The summed E-state index contributed by atoms with van der Waals surface area (Å²) in [5, 5.41) is 3.59. The highest BCUT2D eigenvalue weighted by molar-refractivity contribution is 7.16. The first kappa shape index (κ1) is 13.0. The first-order valence-corrected chi connectivity index (χ1v) is 6.60. The van der Waals surface area contributed by atoms with E-state index in [2.05, 4.69) is 39.1 Å². The topological polar surface area (TPSA) is 12.0 Å². The SMILES string of the molecule is CCC(NCc1ccc(Cl)s1)C(C)(C)C. The van der Waals surface area contributed by atoms with E-state index < -0.39 is 0 Å². The number of hydrogen-bond acceptors (Lipinski definition) is 2. The van der Waals surface area contributed by atoms with Gasteiger partial charge in [0.15, 0.2) is 0 Å². The number of halogens is 1. The van der Waals surface area contributed by atoms with Gasteiger partial charge >= 0.3 is 0 Å². The van der Waals surface area contributed by atoms with Gasteiger partial charge in [0.05, 0.1) is 4.34 Å². The third kappa shape index (κ3) is 4.13. The largest absolute Gasteiger partial charge is 0.309 e. The standard InChI is InChI=1S/C12H20ClNS/c1-5-10(12(2,3)4)14-8-9-6-7-11(13)15-9/h6-7,10,14H,5,8H2,1-4H3. The molecule has 1 heterocycles. The van der Waals surface area contributed by atoms with Crippen LogP contribution in [-0.4, -0.2) is 6.04 Å². The van der Waals surface area contributed by atoms with Gasteiger partial charge in [-0.2, -0.15) is 0 Å². The van der Waals surface area contributed by atoms with Crippen molar-refractivity contribution in [1.82, 2.24) is 5.32 Å². The van der Waals surface area contributed by atoms with Crippen LogP contribution in [0.25, 0.3) is 0 Å². The molecule has 1 rings (SSSR count). The average Bonchev–Trinajstić information content (AvgIpc) is 2.50. The average molecular weight is 246 g/mol. The van der Waals surface area contributed by atoms with E-state index in [0.717, 1.165) is 17.3 Å². The lowest BCUT2D eigenvalue weighted by Gasteiger charge is -2.30. The molecule has 0 saturated heterocycles. The number of hydrogen-bond donors (Lipinski definition) is 1. The molecule has 0 radical (unpaired) electrons. The molecule has 1 N–H and O–H groups in total. The highest BCUT2D eigenvalue weighted by Gasteiger charge is 2.22. The predicted octanol–water partition coefficient (Wildman–Crippen LogP) is 4.32. The van der Waals surface area contributed by atoms with Gasteiger partial charge in [-0.3, -0.25) is 0 Å². The zero-order valence-electron chi connectivity index (χ0n) is 9.93. The third-order valence-electron chi connectivity index (χ3n) is 2.61. The molecule has 0 aromatic carbocycles. The van der Waals surface area contributed by atoms with Crippen molar-refractivity contribution >= 4 is 22.9 Å². The van der Waals surface area contributed by atoms with Crippen LogP contribution in [0.2, 0.25) is 4.34 Å². The number of rotatable bonds is 4. The summed E-state index contributed by atoms with van der Waals surface area (Å²) in [4.78, 5) is 1.31. The van der Waals surface area contributed by atoms with Crippen LogP contribution in [0.4, 0.5) is 0 Å². The van der Waals surface area contributed by atoms with Crippen molar-refractivity contribution in [3.8, 4) is 0 Å². The van der Waals surface area contributed by atoms with Gasteiger partial charge in [-0.1, -0.05) is 39.3 Å². The Balaban J connectivity index is 2.48. The van der Waals surface area contributed by atoms with Crippen LogP contribution in [0.5, 0.6) is 0 Å². The lowest BCUT2D eigenvalue weighted by molar-refractivity contribution is 0.260. The van der Waals surface area contributed by atoms with Crippen LogP contribution >= 0.6 is 22.9 Å². The fourth-order valence-electron chi connectivity index (χ4n) is 1.73. The first-order chi connectivity index (χ1) is 6.93. The summed E-state index contributed by atoms with van der Waals surface area (Å²) in [6, 6.07) is 4.61. The molecule has 0 amide bonds. The Labute approximate surface area is 102 Å². The predicted molar refractivity (Wildman–Crippen MR) is 69.7 cm³/mol. The summed E-state index contributed by atoms with van der Waals surface area (Å²) in [6.45, 7) is 9.97. The number of thiophene rings is 1. The zero-order chi connectivity index (χ0) is 11.5. The van der Waals surface area contributed by atoms with E-state index in [1.54, 1.807) is 11.3 Å². The van der Waals surface area contributed by atoms with Crippen molar-refractivity contribution in [2.24, 2.45) is 5.41 Å². The highest BCUT2D eigenvalue weighted by atomic mass is 35.5. The van der Waals surface area contributed by atoms with Crippen LogP contribution in [0.3, 0.4) is 0 Å². The zero-order valence-corrected chi connectivity index (χ0v) is 11.5. The monoisotopic (exact) mass is 245 g/mol. The van der Waals surface area contributed by atoms with E-state index in [1.165, 1.54) is 4.88 Å². The second-order valence-corrected chi connectivity index (χ2v) is 6.71. The molecular formula is C12H20ClNS. The molecule has 1 aromatic heterocycles. The molecule has 1 atom stereocenters. The van der Waals surface area contributed by atoms with Gasteiger partial charge in [0, 0.05) is 17.5 Å². The van der Waals surface area contributed by atoms with E-state index in [1.807, 2.05) is 6.07 Å². The molecule has 86 valence electrons. The maximum atomic E-state index is 5.89. The van der Waals surface area contributed by atoms with Crippen molar-refractivity contribution < 1.29 is 0 Å².